The van der Waals surface area contributed by atoms with Crippen molar-refractivity contribution in [3.05, 3.63) is 29.8 Å². The Morgan fingerprint density at radius 2 is 1.96 bits per heavy atom. The minimum Gasteiger partial charge on any atom is -0.382 e. The predicted octanol–water partition coefficient (Wildman–Crippen LogP) is 2.35. The van der Waals surface area contributed by atoms with E-state index >= 15 is 0 Å². The molecule has 1 aliphatic carbocycles. The molecule has 1 heterocycles. The molecule has 2 N–H and O–H groups in total. The predicted molar refractivity (Wildman–Crippen MR) is 96.5 cm³/mol. The van der Waals surface area contributed by atoms with Crippen LogP contribution in [0.2, 0.25) is 0 Å². The highest BCUT2D eigenvalue weighted by atomic mass is 16.5. The number of ether oxygens (including phenoxy) is 1. The third-order valence-corrected chi connectivity index (χ3v) is 5.03. The molecule has 1 saturated heterocycles. The Kier molecular flexibility index (Phi) is 6.10. The molecule has 132 valence electrons. The molecule has 0 aromatic heterocycles. The summed E-state index contributed by atoms with van der Waals surface area (Å²) in [7, 11) is 0. The fourth-order valence-corrected chi connectivity index (χ4v) is 3.55. The molecule has 0 bridgehead atoms. The Morgan fingerprint density at radius 1 is 1.21 bits per heavy atom. The standard InChI is InChI=1S/C19H29N3O2/c1-15-2-5-18(14-15)21-17-6-3-16(4-7-17)19(23)20-8-9-22-10-12-24-13-11-22/h3-4,6-7,15,18,21H,2,5,8-14H2,1H3,(H,20,23)/t15-,18-/m1/s1. The van der Waals surface area contributed by atoms with Crippen LogP contribution in [0.25, 0.3) is 0 Å². The summed E-state index contributed by atoms with van der Waals surface area (Å²) in [5.74, 6) is 0.823. The number of nitrogens with zero attached hydrogens (tertiary/aromatic N) is 1. The molecule has 0 spiro atoms. The molecule has 0 unspecified atom stereocenters. The lowest BCUT2D eigenvalue weighted by Crippen LogP contribution is -2.41. The summed E-state index contributed by atoms with van der Waals surface area (Å²) in [6.45, 7) is 7.37. The molecule has 1 aromatic rings. The molecule has 3 rings (SSSR count). The first-order valence-electron chi connectivity index (χ1n) is 9.15. The molecule has 1 aromatic carbocycles. The average Bonchev–Trinajstić information content (AvgIpc) is 3.01. The maximum absolute atomic E-state index is 12.2. The number of hydrogen-bond donors (Lipinski definition) is 2. The summed E-state index contributed by atoms with van der Waals surface area (Å²) >= 11 is 0. The number of morpholine rings is 1. The van der Waals surface area contributed by atoms with Crippen molar-refractivity contribution >= 4 is 11.6 Å². The Labute approximate surface area is 144 Å². The third kappa shape index (κ3) is 4.95. The van der Waals surface area contributed by atoms with Gasteiger partial charge in [-0.3, -0.25) is 9.69 Å². The zero-order valence-electron chi connectivity index (χ0n) is 14.6. The van der Waals surface area contributed by atoms with Gasteiger partial charge in [0.15, 0.2) is 0 Å². The van der Waals surface area contributed by atoms with Gasteiger partial charge in [0.1, 0.15) is 0 Å². The van der Waals surface area contributed by atoms with Gasteiger partial charge in [-0.15, -0.1) is 0 Å². The number of hydrogen-bond acceptors (Lipinski definition) is 4. The van der Waals surface area contributed by atoms with Crippen LogP contribution in [0.4, 0.5) is 5.69 Å². The topological polar surface area (TPSA) is 53.6 Å². The highest BCUT2D eigenvalue weighted by Gasteiger charge is 2.20. The molecule has 5 nitrogen and oxygen atoms in total. The number of carbonyl (C=O) groups excluding carboxylic acids is 1. The minimum absolute atomic E-state index is 0.00398. The smallest absolute Gasteiger partial charge is 0.251 e. The van der Waals surface area contributed by atoms with E-state index in [0.717, 1.165) is 50.0 Å². The van der Waals surface area contributed by atoms with E-state index in [4.69, 9.17) is 4.74 Å². The monoisotopic (exact) mass is 331 g/mol. The minimum atomic E-state index is 0.00398. The first-order valence-corrected chi connectivity index (χ1v) is 9.15. The Bertz CT molecular complexity index is 526. The molecular weight excluding hydrogens is 302 g/mol. The number of amides is 1. The van der Waals surface area contributed by atoms with Crippen LogP contribution in [0.15, 0.2) is 24.3 Å². The van der Waals surface area contributed by atoms with Crippen LogP contribution in [0.1, 0.15) is 36.5 Å². The van der Waals surface area contributed by atoms with Crippen LogP contribution in [0, 0.1) is 5.92 Å². The van der Waals surface area contributed by atoms with Gasteiger partial charge >= 0.3 is 0 Å². The van der Waals surface area contributed by atoms with Gasteiger partial charge in [0.25, 0.3) is 5.91 Å². The van der Waals surface area contributed by atoms with Crippen LogP contribution in [-0.2, 0) is 4.74 Å². The highest BCUT2D eigenvalue weighted by Crippen LogP contribution is 2.27. The van der Waals surface area contributed by atoms with E-state index in [0.29, 0.717) is 12.6 Å². The van der Waals surface area contributed by atoms with E-state index in [2.05, 4.69) is 22.5 Å². The van der Waals surface area contributed by atoms with Gasteiger partial charge in [0.05, 0.1) is 13.2 Å². The van der Waals surface area contributed by atoms with Gasteiger partial charge in [-0.1, -0.05) is 6.92 Å². The van der Waals surface area contributed by atoms with Crippen LogP contribution in [-0.4, -0.2) is 56.2 Å². The van der Waals surface area contributed by atoms with Crippen molar-refractivity contribution in [3.8, 4) is 0 Å². The van der Waals surface area contributed by atoms with Gasteiger partial charge in [0.2, 0.25) is 0 Å². The Morgan fingerprint density at radius 3 is 2.62 bits per heavy atom. The summed E-state index contributed by atoms with van der Waals surface area (Å²) in [6.07, 6.45) is 3.79. The number of benzene rings is 1. The number of anilines is 1. The molecule has 1 saturated carbocycles. The quantitative estimate of drug-likeness (QED) is 0.840. The lowest BCUT2D eigenvalue weighted by Gasteiger charge is -2.26. The molecule has 5 heteroatoms. The first-order chi connectivity index (χ1) is 11.7. The third-order valence-electron chi connectivity index (χ3n) is 5.03. The molecule has 1 amide bonds. The second-order valence-corrected chi connectivity index (χ2v) is 7.05. The van der Waals surface area contributed by atoms with Crippen molar-refractivity contribution in [3.63, 3.8) is 0 Å². The van der Waals surface area contributed by atoms with E-state index in [9.17, 15) is 4.79 Å². The van der Waals surface area contributed by atoms with Gasteiger partial charge in [-0.05, 0) is 49.4 Å². The van der Waals surface area contributed by atoms with E-state index < -0.39 is 0 Å². The highest BCUT2D eigenvalue weighted by molar-refractivity contribution is 5.94. The second kappa shape index (κ2) is 8.49. The molecule has 1 aliphatic heterocycles. The summed E-state index contributed by atoms with van der Waals surface area (Å²) in [5.41, 5.74) is 1.83. The van der Waals surface area contributed by atoms with Gasteiger partial charge in [-0.25, -0.2) is 0 Å². The zero-order valence-corrected chi connectivity index (χ0v) is 14.6. The largest absolute Gasteiger partial charge is 0.382 e. The second-order valence-electron chi connectivity index (χ2n) is 7.05. The summed E-state index contributed by atoms with van der Waals surface area (Å²) in [6, 6.07) is 8.42. The van der Waals surface area contributed by atoms with Crippen LogP contribution in [0.3, 0.4) is 0 Å². The summed E-state index contributed by atoms with van der Waals surface area (Å²) < 4.78 is 5.33. The van der Waals surface area contributed by atoms with Crippen molar-refractivity contribution in [1.82, 2.24) is 10.2 Å². The Balaban J connectivity index is 1.41. The molecule has 2 fully saturated rings. The number of rotatable bonds is 6. The van der Waals surface area contributed by atoms with Crippen molar-refractivity contribution in [2.75, 3.05) is 44.7 Å². The number of carbonyl (C=O) groups is 1. The molecule has 24 heavy (non-hydrogen) atoms. The average molecular weight is 331 g/mol. The zero-order chi connectivity index (χ0) is 16.8. The maximum atomic E-state index is 12.2. The lowest BCUT2D eigenvalue weighted by atomic mass is 10.1. The van der Waals surface area contributed by atoms with Crippen LogP contribution < -0.4 is 10.6 Å². The number of nitrogens with one attached hydrogen (secondary N) is 2. The summed E-state index contributed by atoms with van der Waals surface area (Å²) in [4.78, 5) is 14.5. The molecule has 2 aliphatic rings. The fraction of sp³-hybridized carbons (Fsp3) is 0.632. The SMILES string of the molecule is C[C@@H]1CC[C@@H](Nc2ccc(C(=O)NCCN3CCOCC3)cc2)C1. The van der Waals surface area contributed by atoms with Crippen LogP contribution >= 0.6 is 0 Å². The van der Waals surface area contributed by atoms with Crippen LogP contribution in [0.5, 0.6) is 0 Å². The molecular formula is C19H29N3O2. The molecule has 0 radical (unpaired) electrons. The van der Waals surface area contributed by atoms with E-state index in [1.54, 1.807) is 0 Å². The van der Waals surface area contributed by atoms with Crippen molar-refractivity contribution in [2.45, 2.75) is 32.2 Å². The van der Waals surface area contributed by atoms with Crippen molar-refractivity contribution in [1.29, 1.82) is 0 Å². The maximum Gasteiger partial charge on any atom is 0.251 e. The van der Waals surface area contributed by atoms with E-state index in [-0.39, 0.29) is 5.91 Å². The van der Waals surface area contributed by atoms with Gasteiger partial charge in [-0.2, -0.15) is 0 Å². The van der Waals surface area contributed by atoms with Crippen molar-refractivity contribution in [2.24, 2.45) is 5.92 Å². The van der Waals surface area contributed by atoms with E-state index in [1.807, 2.05) is 24.3 Å². The summed E-state index contributed by atoms with van der Waals surface area (Å²) in [5, 5.41) is 6.58. The van der Waals surface area contributed by atoms with Crippen molar-refractivity contribution < 1.29 is 9.53 Å². The fourth-order valence-electron chi connectivity index (χ4n) is 3.55. The van der Waals surface area contributed by atoms with Gasteiger partial charge in [0, 0.05) is 43.5 Å². The first kappa shape index (κ1) is 17.2. The van der Waals surface area contributed by atoms with Gasteiger partial charge < -0.3 is 15.4 Å². The lowest BCUT2D eigenvalue weighted by molar-refractivity contribution is 0.0383. The normalized spacial score (nSPS) is 24.7. The Hall–Kier alpha value is -1.59. The molecule has 2 atom stereocenters. The van der Waals surface area contributed by atoms with E-state index in [1.165, 1.54) is 19.3 Å².